The summed E-state index contributed by atoms with van der Waals surface area (Å²) in [6.07, 6.45) is 13.0. The predicted octanol–water partition coefficient (Wildman–Crippen LogP) is 3.70. The van der Waals surface area contributed by atoms with E-state index >= 15 is 0 Å². The zero-order chi connectivity index (χ0) is 20.8. The van der Waals surface area contributed by atoms with Crippen molar-refractivity contribution in [1.82, 2.24) is 5.32 Å². The smallest absolute Gasteiger partial charge is 0.303 e. The van der Waals surface area contributed by atoms with Crippen molar-refractivity contribution in [2.45, 2.75) is 96.8 Å². The van der Waals surface area contributed by atoms with Crippen LogP contribution in [-0.2, 0) is 14.4 Å². The summed E-state index contributed by atoms with van der Waals surface area (Å²) < 4.78 is 0. The van der Waals surface area contributed by atoms with E-state index in [2.05, 4.69) is 12.2 Å². The minimum atomic E-state index is -0.716. The maximum atomic E-state index is 10.6. The molecule has 0 spiro atoms. The summed E-state index contributed by atoms with van der Waals surface area (Å²) in [4.78, 5) is 30.5. The molecule has 1 heterocycles. The van der Waals surface area contributed by atoms with Gasteiger partial charge in [0.1, 0.15) is 0 Å². The van der Waals surface area contributed by atoms with E-state index in [9.17, 15) is 14.4 Å². The van der Waals surface area contributed by atoms with Crippen LogP contribution in [0.25, 0.3) is 0 Å². The summed E-state index contributed by atoms with van der Waals surface area (Å²) in [6.45, 7) is 3.70. The first kappa shape index (κ1) is 27.6. The fourth-order valence-corrected chi connectivity index (χ4v) is 2.38. The Morgan fingerprint density at radius 1 is 0.889 bits per heavy atom. The normalized spacial score (nSPS) is 13.2. The van der Waals surface area contributed by atoms with Gasteiger partial charge in [-0.2, -0.15) is 0 Å². The van der Waals surface area contributed by atoms with E-state index in [0.717, 1.165) is 57.9 Å². The molecule has 1 aliphatic heterocycles. The number of aliphatic carboxylic acids is 2. The van der Waals surface area contributed by atoms with Gasteiger partial charge in [-0.3, -0.25) is 14.4 Å². The van der Waals surface area contributed by atoms with Crippen LogP contribution in [0.5, 0.6) is 0 Å². The van der Waals surface area contributed by atoms with Gasteiger partial charge in [0.2, 0.25) is 5.91 Å². The van der Waals surface area contributed by atoms with Crippen LogP contribution in [0.1, 0.15) is 96.8 Å². The van der Waals surface area contributed by atoms with Gasteiger partial charge in [-0.05, 0) is 38.6 Å². The molecule has 0 aromatic rings. The Hall–Kier alpha value is -1.63. The first-order valence-corrected chi connectivity index (χ1v) is 10.3. The van der Waals surface area contributed by atoms with E-state index in [0.29, 0.717) is 13.0 Å². The number of carboxylic acids is 2. The van der Waals surface area contributed by atoms with Crippen molar-refractivity contribution in [2.75, 3.05) is 13.1 Å². The molecule has 1 saturated heterocycles. The molecule has 0 atom stereocenters. The fourth-order valence-electron chi connectivity index (χ4n) is 2.38. The van der Waals surface area contributed by atoms with Gasteiger partial charge in [0, 0.05) is 25.8 Å². The number of carboxylic acid groups (broad SMARTS) is 2. The van der Waals surface area contributed by atoms with Gasteiger partial charge in [-0.25, -0.2) is 0 Å². The molecule has 0 aromatic carbocycles. The first-order chi connectivity index (χ1) is 12.9. The van der Waals surface area contributed by atoms with E-state index in [-0.39, 0.29) is 12.3 Å². The van der Waals surface area contributed by atoms with Crippen molar-refractivity contribution in [3.63, 3.8) is 0 Å². The van der Waals surface area contributed by atoms with Crippen LogP contribution in [0, 0.1) is 0 Å². The molecular weight excluding hydrogens is 348 g/mol. The van der Waals surface area contributed by atoms with Crippen molar-refractivity contribution in [1.29, 1.82) is 0 Å². The molecule has 0 aromatic heterocycles. The maximum Gasteiger partial charge on any atom is 0.303 e. The van der Waals surface area contributed by atoms with Crippen LogP contribution in [0.15, 0.2) is 0 Å². The SMILES string of the molecule is CCCCCCCC(=O)O.NCCCCCC(=O)O.O=C1CCCCCN1. The van der Waals surface area contributed by atoms with Crippen molar-refractivity contribution in [3.8, 4) is 0 Å². The Labute approximate surface area is 164 Å². The lowest BCUT2D eigenvalue weighted by molar-refractivity contribution is -0.138. The molecule has 1 aliphatic rings. The Morgan fingerprint density at radius 2 is 1.44 bits per heavy atom. The molecule has 160 valence electrons. The van der Waals surface area contributed by atoms with E-state index in [1.54, 1.807) is 0 Å². The summed E-state index contributed by atoms with van der Waals surface area (Å²) in [5.74, 6) is -1.16. The Bertz CT molecular complexity index is 365. The standard InChI is InChI=1S/C8H16O2.C6H13NO2.C6H11NO/c1-2-3-4-5-6-7-8(9)10;7-5-3-1-2-4-6(8)9;8-6-4-2-1-3-5-7-6/h2-7H2,1H3,(H,9,10);1-5,7H2,(H,8,9);1-5H2,(H,7,8). The highest BCUT2D eigenvalue weighted by atomic mass is 16.4. The summed E-state index contributed by atoms with van der Waals surface area (Å²) in [7, 11) is 0. The number of nitrogens with one attached hydrogen (secondary N) is 1. The highest BCUT2D eigenvalue weighted by Gasteiger charge is 2.03. The van der Waals surface area contributed by atoms with Crippen LogP contribution in [0.2, 0.25) is 0 Å². The van der Waals surface area contributed by atoms with Crippen LogP contribution in [0.3, 0.4) is 0 Å². The highest BCUT2D eigenvalue weighted by Crippen LogP contribution is 2.04. The highest BCUT2D eigenvalue weighted by molar-refractivity contribution is 5.75. The van der Waals surface area contributed by atoms with Gasteiger partial charge in [-0.1, -0.05) is 45.4 Å². The van der Waals surface area contributed by atoms with Gasteiger partial charge in [0.05, 0.1) is 0 Å². The average Bonchev–Trinajstić information content (AvgIpc) is 2.87. The Balaban J connectivity index is 0. The zero-order valence-corrected chi connectivity index (χ0v) is 17.0. The molecule has 0 bridgehead atoms. The van der Waals surface area contributed by atoms with Crippen LogP contribution in [0.4, 0.5) is 0 Å². The van der Waals surface area contributed by atoms with Crippen LogP contribution in [-0.4, -0.2) is 41.1 Å². The van der Waals surface area contributed by atoms with Gasteiger partial charge < -0.3 is 21.3 Å². The van der Waals surface area contributed by atoms with Crippen molar-refractivity contribution < 1.29 is 24.6 Å². The molecule has 1 amide bonds. The summed E-state index contributed by atoms with van der Waals surface area (Å²) in [6, 6.07) is 0. The van der Waals surface area contributed by atoms with E-state index < -0.39 is 11.9 Å². The minimum Gasteiger partial charge on any atom is -0.481 e. The fraction of sp³-hybridized carbons (Fsp3) is 0.850. The van der Waals surface area contributed by atoms with E-state index in [1.165, 1.54) is 25.7 Å². The van der Waals surface area contributed by atoms with Gasteiger partial charge >= 0.3 is 11.9 Å². The van der Waals surface area contributed by atoms with E-state index in [4.69, 9.17) is 15.9 Å². The molecule has 5 N–H and O–H groups in total. The maximum absolute atomic E-state index is 10.6. The number of nitrogens with two attached hydrogens (primary N) is 1. The minimum absolute atomic E-state index is 0.225. The lowest BCUT2D eigenvalue weighted by Crippen LogP contribution is -2.21. The molecule has 0 radical (unpaired) electrons. The largest absolute Gasteiger partial charge is 0.481 e. The first-order valence-electron chi connectivity index (χ1n) is 10.3. The third-order valence-electron chi connectivity index (χ3n) is 3.99. The molecule has 0 aliphatic carbocycles. The number of rotatable bonds is 11. The van der Waals surface area contributed by atoms with Crippen molar-refractivity contribution in [3.05, 3.63) is 0 Å². The molecule has 7 nitrogen and oxygen atoms in total. The quantitative estimate of drug-likeness (QED) is 0.399. The lowest BCUT2D eigenvalue weighted by Gasteiger charge is -1.95. The summed E-state index contributed by atoms with van der Waals surface area (Å²) >= 11 is 0. The number of unbranched alkanes of at least 4 members (excludes halogenated alkanes) is 6. The molecule has 1 fully saturated rings. The molecule has 0 unspecified atom stereocenters. The van der Waals surface area contributed by atoms with Gasteiger partial charge in [-0.15, -0.1) is 0 Å². The third kappa shape index (κ3) is 29.4. The molecule has 0 saturated carbocycles. The molecule has 27 heavy (non-hydrogen) atoms. The van der Waals surface area contributed by atoms with Crippen molar-refractivity contribution in [2.24, 2.45) is 5.73 Å². The second-order valence-electron chi connectivity index (χ2n) is 6.71. The van der Waals surface area contributed by atoms with Crippen LogP contribution >= 0.6 is 0 Å². The third-order valence-corrected chi connectivity index (χ3v) is 3.99. The topological polar surface area (TPSA) is 130 Å². The molecule has 7 heteroatoms. The number of carbonyl (C=O) groups excluding carboxylic acids is 1. The number of carbonyl (C=O) groups is 3. The summed E-state index contributed by atoms with van der Waals surface area (Å²) in [5.41, 5.74) is 5.20. The Morgan fingerprint density at radius 3 is 1.96 bits per heavy atom. The number of hydrogen-bond acceptors (Lipinski definition) is 4. The molecular formula is C20H40N2O5. The van der Waals surface area contributed by atoms with Crippen LogP contribution < -0.4 is 11.1 Å². The monoisotopic (exact) mass is 388 g/mol. The second-order valence-corrected chi connectivity index (χ2v) is 6.71. The zero-order valence-electron chi connectivity index (χ0n) is 17.0. The van der Waals surface area contributed by atoms with Gasteiger partial charge in [0.25, 0.3) is 0 Å². The Kier molecular flexibility index (Phi) is 22.9. The predicted molar refractivity (Wildman–Crippen MR) is 108 cm³/mol. The van der Waals surface area contributed by atoms with E-state index in [1.807, 2.05) is 0 Å². The second kappa shape index (κ2) is 22.4. The number of amides is 1. The van der Waals surface area contributed by atoms with Crippen molar-refractivity contribution >= 4 is 17.8 Å². The molecule has 1 rings (SSSR count). The average molecular weight is 389 g/mol. The number of hydrogen-bond donors (Lipinski definition) is 4. The van der Waals surface area contributed by atoms with Gasteiger partial charge in [0.15, 0.2) is 0 Å². The summed E-state index contributed by atoms with van der Waals surface area (Å²) in [5, 5.41) is 19.3. The lowest BCUT2D eigenvalue weighted by atomic mass is 10.1.